The van der Waals surface area contributed by atoms with Gasteiger partial charge in [0.25, 0.3) is 5.91 Å². The van der Waals surface area contributed by atoms with E-state index in [2.05, 4.69) is 5.32 Å². The predicted octanol–water partition coefficient (Wildman–Crippen LogP) is 0.817. The fourth-order valence-electron chi connectivity index (χ4n) is 2.38. The van der Waals surface area contributed by atoms with Crippen molar-refractivity contribution in [2.24, 2.45) is 0 Å². The molecule has 120 valence electrons. The molecule has 2 atom stereocenters. The summed E-state index contributed by atoms with van der Waals surface area (Å²) in [6.07, 6.45) is 0.0367. The minimum Gasteiger partial charge on any atom is -0.484 e. The summed E-state index contributed by atoms with van der Waals surface area (Å²) < 4.78 is 10.9. The normalized spacial score (nSPS) is 21.3. The third-order valence-corrected chi connectivity index (χ3v) is 3.32. The Morgan fingerprint density at radius 1 is 1.23 bits per heavy atom. The zero-order valence-corrected chi connectivity index (χ0v) is 13.0. The van der Waals surface area contributed by atoms with Gasteiger partial charge in [-0.1, -0.05) is 18.2 Å². The van der Waals surface area contributed by atoms with Crippen LogP contribution in [0.2, 0.25) is 0 Å². The highest BCUT2D eigenvalue weighted by Crippen LogP contribution is 2.10. The Bertz CT molecular complexity index is 496. The van der Waals surface area contributed by atoms with Gasteiger partial charge < -0.3 is 19.7 Å². The molecule has 6 heteroatoms. The molecule has 22 heavy (non-hydrogen) atoms. The lowest BCUT2D eigenvalue weighted by Crippen LogP contribution is -2.51. The molecular formula is C16H22N2O4. The van der Waals surface area contributed by atoms with Crippen LogP contribution in [0.3, 0.4) is 0 Å². The molecule has 2 rings (SSSR count). The molecule has 2 amide bonds. The van der Waals surface area contributed by atoms with Gasteiger partial charge in [0.05, 0.1) is 18.8 Å². The monoisotopic (exact) mass is 306 g/mol. The second-order valence-electron chi connectivity index (χ2n) is 5.43. The average molecular weight is 306 g/mol. The first kappa shape index (κ1) is 16.3. The van der Waals surface area contributed by atoms with Gasteiger partial charge in [-0.05, 0) is 26.0 Å². The van der Waals surface area contributed by atoms with Gasteiger partial charge >= 0.3 is 0 Å². The number of para-hydroxylation sites is 1. The lowest BCUT2D eigenvalue weighted by atomic mass is 10.2. The van der Waals surface area contributed by atoms with E-state index in [9.17, 15) is 9.59 Å². The molecule has 1 heterocycles. The smallest absolute Gasteiger partial charge is 0.258 e. The van der Waals surface area contributed by atoms with Crippen molar-refractivity contribution in [1.82, 2.24) is 10.2 Å². The zero-order valence-electron chi connectivity index (χ0n) is 13.0. The molecule has 1 aliphatic heterocycles. The quantitative estimate of drug-likeness (QED) is 0.874. The third-order valence-electron chi connectivity index (χ3n) is 3.32. The van der Waals surface area contributed by atoms with Crippen molar-refractivity contribution >= 4 is 11.8 Å². The maximum Gasteiger partial charge on any atom is 0.258 e. The van der Waals surface area contributed by atoms with Crippen LogP contribution >= 0.6 is 0 Å². The van der Waals surface area contributed by atoms with Gasteiger partial charge in [0.1, 0.15) is 5.75 Å². The summed E-state index contributed by atoms with van der Waals surface area (Å²) in [4.78, 5) is 25.5. The minimum absolute atomic E-state index is 0.0174. The standard InChI is InChI=1S/C16H22N2O4/c1-12-9-18(10-13(2)22-12)16(20)8-17-15(19)11-21-14-6-4-3-5-7-14/h3-7,12-13H,8-11H2,1-2H3,(H,17,19)/t12-,13+. The SMILES string of the molecule is C[C@@H]1CN(C(=O)CNC(=O)COc2ccccc2)C[C@H](C)O1. The number of nitrogens with one attached hydrogen (secondary N) is 1. The lowest BCUT2D eigenvalue weighted by molar-refractivity contribution is -0.143. The molecule has 0 bridgehead atoms. The summed E-state index contributed by atoms with van der Waals surface area (Å²) in [5, 5.41) is 2.58. The van der Waals surface area contributed by atoms with E-state index in [1.54, 1.807) is 17.0 Å². The summed E-state index contributed by atoms with van der Waals surface area (Å²) in [5.74, 6) is 0.210. The zero-order chi connectivity index (χ0) is 15.9. The maximum atomic E-state index is 12.1. The first-order valence-electron chi connectivity index (χ1n) is 7.42. The molecular weight excluding hydrogens is 284 g/mol. The minimum atomic E-state index is -0.313. The van der Waals surface area contributed by atoms with E-state index in [1.165, 1.54) is 0 Å². The largest absolute Gasteiger partial charge is 0.484 e. The number of benzene rings is 1. The first-order valence-corrected chi connectivity index (χ1v) is 7.42. The number of ether oxygens (including phenoxy) is 2. The highest BCUT2D eigenvalue weighted by molar-refractivity contribution is 5.85. The van der Waals surface area contributed by atoms with E-state index in [0.717, 1.165) is 0 Å². The fourth-order valence-corrected chi connectivity index (χ4v) is 2.38. The van der Waals surface area contributed by atoms with Gasteiger partial charge in [-0.2, -0.15) is 0 Å². The van der Waals surface area contributed by atoms with Crippen molar-refractivity contribution in [1.29, 1.82) is 0 Å². The van der Waals surface area contributed by atoms with E-state index in [1.807, 2.05) is 32.0 Å². The van der Waals surface area contributed by atoms with E-state index >= 15 is 0 Å². The summed E-state index contributed by atoms with van der Waals surface area (Å²) in [5.41, 5.74) is 0. The van der Waals surface area contributed by atoms with Crippen molar-refractivity contribution in [3.63, 3.8) is 0 Å². The molecule has 1 fully saturated rings. The highest BCUT2D eigenvalue weighted by atomic mass is 16.5. The van der Waals surface area contributed by atoms with Crippen LogP contribution in [-0.2, 0) is 14.3 Å². The first-order chi connectivity index (χ1) is 10.5. The average Bonchev–Trinajstić information content (AvgIpc) is 2.50. The van der Waals surface area contributed by atoms with Crippen LogP contribution < -0.4 is 10.1 Å². The topological polar surface area (TPSA) is 67.9 Å². The lowest BCUT2D eigenvalue weighted by Gasteiger charge is -2.35. The van der Waals surface area contributed by atoms with Gasteiger partial charge in [-0.25, -0.2) is 0 Å². The Balaban J connectivity index is 1.70. The van der Waals surface area contributed by atoms with Crippen LogP contribution in [0.15, 0.2) is 30.3 Å². The molecule has 0 aromatic heterocycles. The Morgan fingerprint density at radius 2 is 1.86 bits per heavy atom. The van der Waals surface area contributed by atoms with Crippen LogP contribution in [0.1, 0.15) is 13.8 Å². The maximum absolute atomic E-state index is 12.1. The molecule has 1 saturated heterocycles. The molecule has 0 spiro atoms. The van der Waals surface area contributed by atoms with E-state index in [4.69, 9.17) is 9.47 Å². The number of hydrogen-bond donors (Lipinski definition) is 1. The molecule has 1 N–H and O–H groups in total. The summed E-state index contributed by atoms with van der Waals surface area (Å²) in [7, 11) is 0. The number of hydrogen-bond acceptors (Lipinski definition) is 4. The number of morpholine rings is 1. The molecule has 0 saturated carbocycles. The summed E-state index contributed by atoms with van der Waals surface area (Å²) in [6.45, 7) is 4.85. The summed E-state index contributed by atoms with van der Waals surface area (Å²) >= 11 is 0. The highest BCUT2D eigenvalue weighted by Gasteiger charge is 2.25. The number of nitrogens with zero attached hydrogens (tertiary/aromatic N) is 1. The Hall–Kier alpha value is -2.08. The number of amides is 2. The number of carbonyl (C=O) groups is 2. The van der Waals surface area contributed by atoms with Crippen molar-refractivity contribution in [2.75, 3.05) is 26.2 Å². The molecule has 0 aliphatic carbocycles. The van der Waals surface area contributed by atoms with Crippen molar-refractivity contribution in [3.8, 4) is 5.75 Å². The molecule has 0 unspecified atom stereocenters. The number of rotatable bonds is 5. The van der Waals surface area contributed by atoms with E-state index < -0.39 is 0 Å². The number of carbonyl (C=O) groups excluding carboxylic acids is 2. The van der Waals surface area contributed by atoms with Crippen LogP contribution in [0.25, 0.3) is 0 Å². The fraction of sp³-hybridized carbons (Fsp3) is 0.500. The van der Waals surface area contributed by atoms with Crippen LogP contribution in [0, 0.1) is 0 Å². The van der Waals surface area contributed by atoms with Crippen LogP contribution in [0.4, 0.5) is 0 Å². The van der Waals surface area contributed by atoms with E-state index in [0.29, 0.717) is 18.8 Å². The van der Waals surface area contributed by atoms with Crippen LogP contribution in [0.5, 0.6) is 5.75 Å². The Labute approximate surface area is 130 Å². The summed E-state index contributed by atoms with van der Waals surface area (Å²) in [6, 6.07) is 9.08. The van der Waals surface area contributed by atoms with Gasteiger partial charge in [0, 0.05) is 13.1 Å². The van der Waals surface area contributed by atoms with Gasteiger partial charge in [0.15, 0.2) is 6.61 Å². The van der Waals surface area contributed by atoms with Crippen LogP contribution in [-0.4, -0.2) is 55.2 Å². The third kappa shape index (κ3) is 5.04. The Morgan fingerprint density at radius 3 is 2.50 bits per heavy atom. The van der Waals surface area contributed by atoms with Gasteiger partial charge in [0.2, 0.25) is 5.91 Å². The second kappa shape index (κ2) is 7.79. The molecule has 1 aromatic carbocycles. The van der Waals surface area contributed by atoms with Crippen molar-refractivity contribution in [2.45, 2.75) is 26.1 Å². The predicted molar refractivity (Wildman–Crippen MR) is 81.5 cm³/mol. The molecule has 0 radical (unpaired) electrons. The Kier molecular flexibility index (Phi) is 5.77. The second-order valence-corrected chi connectivity index (χ2v) is 5.43. The van der Waals surface area contributed by atoms with Gasteiger partial charge in [-0.3, -0.25) is 9.59 Å². The van der Waals surface area contributed by atoms with Crippen molar-refractivity contribution < 1.29 is 19.1 Å². The van der Waals surface area contributed by atoms with Gasteiger partial charge in [-0.15, -0.1) is 0 Å². The van der Waals surface area contributed by atoms with Crippen molar-refractivity contribution in [3.05, 3.63) is 30.3 Å². The molecule has 6 nitrogen and oxygen atoms in total. The molecule has 1 aromatic rings. The molecule has 1 aliphatic rings. The van der Waals surface area contributed by atoms with E-state index in [-0.39, 0.29) is 37.2 Å².